The monoisotopic (exact) mass is 494 g/mol. The molecule has 0 radical (unpaired) electrons. The van der Waals surface area contributed by atoms with Gasteiger partial charge >= 0.3 is 0 Å². The van der Waals surface area contributed by atoms with Gasteiger partial charge in [0.05, 0.1) is 18.2 Å². The molecule has 1 heterocycles. The lowest BCUT2D eigenvalue weighted by molar-refractivity contribution is -0.125. The van der Waals surface area contributed by atoms with Crippen LogP contribution in [0, 0.1) is 12.3 Å². The number of anilines is 1. The quantitative estimate of drug-likeness (QED) is 0.351. The summed E-state index contributed by atoms with van der Waals surface area (Å²) in [5, 5.41) is 5.81. The van der Waals surface area contributed by atoms with Crippen LogP contribution in [-0.2, 0) is 17.6 Å². The molecule has 2 aromatic carbocycles. The van der Waals surface area contributed by atoms with Crippen LogP contribution >= 0.6 is 11.3 Å². The van der Waals surface area contributed by atoms with Crippen molar-refractivity contribution in [1.29, 1.82) is 0 Å². The van der Waals surface area contributed by atoms with Crippen LogP contribution in [0.3, 0.4) is 0 Å². The Balaban J connectivity index is 0.00000109. The van der Waals surface area contributed by atoms with Crippen molar-refractivity contribution in [2.75, 3.05) is 12.4 Å². The minimum absolute atomic E-state index is 0. The fraction of sp³-hybridized carbons (Fsp3) is 0.467. The molecule has 1 aliphatic carbocycles. The number of thiazole rings is 1. The predicted octanol–water partition coefficient (Wildman–Crippen LogP) is 8.19. The third kappa shape index (κ3) is 6.94. The van der Waals surface area contributed by atoms with E-state index in [-0.39, 0.29) is 13.3 Å². The minimum Gasteiger partial charge on any atom is -0.497 e. The summed E-state index contributed by atoms with van der Waals surface area (Å²) in [4.78, 5) is 18.1. The van der Waals surface area contributed by atoms with E-state index >= 15 is 0 Å². The highest BCUT2D eigenvalue weighted by atomic mass is 32.1. The van der Waals surface area contributed by atoms with Gasteiger partial charge in [-0.25, -0.2) is 4.98 Å². The summed E-state index contributed by atoms with van der Waals surface area (Å²) >= 11 is 1.49. The molecule has 1 N–H and O–H groups in total. The van der Waals surface area contributed by atoms with Gasteiger partial charge in [0, 0.05) is 13.2 Å². The Morgan fingerprint density at radius 3 is 2.57 bits per heavy atom. The first-order chi connectivity index (χ1) is 16.8. The van der Waals surface area contributed by atoms with Gasteiger partial charge < -0.3 is 10.1 Å². The number of carbonyl (C=O) groups is 1. The van der Waals surface area contributed by atoms with Gasteiger partial charge in [0.1, 0.15) is 5.75 Å². The zero-order chi connectivity index (χ0) is 25.4. The molecule has 190 valence electrons. The number of rotatable bonds is 6. The van der Waals surface area contributed by atoms with E-state index < -0.39 is 5.41 Å². The molecule has 5 heteroatoms. The van der Waals surface area contributed by atoms with Crippen LogP contribution < -0.4 is 10.1 Å². The number of fused-ring (bicyclic) bond motifs is 1. The predicted molar refractivity (Wildman–Crippen MR) is 150 cm³/mol. The number of aryl methyl sites for hydroxylation is 2. The third-order valence-electron chi connectivity index (χ3n) is 6.64. The molecule has 0 saturated carbocycles. The number of amides is 1. The fourth-order valence-corrected chi connectivity index (χ4v) is 5.38. The highest BCUT2D eigenvalue weighted by Gasteiger charge is 2.39. The Kier molecular flexibility index (Phi) is 9.50. The van der Waals surface area contributed by atoms with E-state index in [0.29, 0.717) is 5.13 Å². The highest BCUT2D eigenvalue weighted by Crippen LogP contribution is 2.44. The van der Waals surface area contributed by atoms with Crippen molar-refractivity contribution in [1.82, 2.24) is 4.98 Å². The number of aromatic nitrogens is 1. The summed E-state index contributed by atoms with van der Waals surface area (Å²) in [6.07, 6.45) is 6.46. The van der Waals surface area contributed by atoms with E-state index in [2.05, 4.69) is 63.1 Å². The van der Waals surface area contributed by atoms with Crippen molar-refractivity contribution < 1.29 is 11.0 Å². The molecular weight excluding hydrogens is 452 g/mol. The zero-order valence-electron chi connectivity index (χ0n) is 22.1. The Hall–Kier alpha value is -2.66. The summed E-state index contributed by atoms with van der Waals surface area (Å²) in [5.41, 5.74) is 5.65. The van der Waals surface area contributed by atoms with Gasteiger partial charge in [0.2, 0.25) is 5.91 Å². The molecule has 0 unspecified atom stereocenters. The van der Waals surface area contributed by atoms with Gasteiger partial charge in [-0.3, -0.25) is 4.79 Å². The molecule has 3 aromatic rings. The van der Waals surface area contributed by atoms with Crippen molar-refractivity contribution in [2.45, 2.75) is 79.1 Å². The Bertz CT molecular complexity index is 1110. The van der Waals surface area contributed by atoms with E-state index in [1.165, 1.54) is 46.4 Å². The smallest absolute Gasteiger partial charge is 0.232 e. The number of carbonyl (C=O) groups excluding carboxylic acids is 1. The lowest BCUT2D eigenvalue weighted by atomic mass is 9.71. The normalized spacial score (nSPS) is 15.3. The lowest BCUT2D eigenvalue weighted by Gasteiger charge is -2.33. The van der Waals surface area contributed by atoms with Crippen LogP contribution in [0.2, 0.25) is 0 Å². The van der Waals surface area contributed by atoms with E-state index in [1.54, 1.807) is 7.11 Å². The highest BCUT2D eigenvalue weighted by molar-refractivity contribution is 7.13. The second-order valence-corrected chi connectivity index (χ2v) is 10.9. The van der Waals surface area contributed by atoms with Crippen LogP contribution in [0.15, 0.2) is 47.8 Å². The molecule has 1 atom stereocenters. The Morgan fingerprint density at radius 1 is 1.17 bits per heavy atom. The summed E-state index contributed by atoms with van der Waals surface area (Å²) in [7, 11) is 1.67. The lowest BCUT2D eigenvalue weighted by Crippen LogP contribution is -2.36. The maximum atomic E-state index is 13.4. The summed E-state index contributed by atoms with van der Waals surface area (Å²) in [6.45, 7) is 10.5. The van der Waals surface area contributed by atoms with Gasteiger partial charge in [-0.2, -0.15) is 0 Å². The molecule has 0 bridgehead atoms. The average molecular weight is 495 g/mol. The molecule has 1 aromatic heterocycles. The van der Waals surface area contributed by atoms with Gasteiger partial charge in [-0.1, -0.05) is 76.4 Å². The molecule has 4 nitrogen and oxygen atoms in total. The van der Waals surface area contributed by atoms with Gasteiger partial charge in [-0.15, -0.1) is 11.3 Å². The number of nitrogens with zero attached hydrogens (tertiary/aromatic N) is 1. The van der Waals surface area contributed by atoms with E-state index in [1.807, 2.05) is 29.6 Å². The number of hydrogen-bond donors (Lipinski definition) is 1. The summed E-state index contributed by atoms with van der Waals surface area (Å²) in [6, 6.07) is 14.7. The summed E-state index contributed by atoms with van der Waals surface area (Å²) < 4.78 is 5.22. The molecule has 35 heavy (non-hydrogen) atoms. The topological polar surface area (TPSA) is 51.2 Å². The fourth-order valence-electron chi connectivity index (χ4n) is 4.67. The summed E-state index contributed by atoms with van der Waals surface area (Å²) in [5.74, 6) is 1.10. The SMILES string of the molecule is CCC.COc1ccc(Cc2csc(NC(=O)C(C)(C)[C@H]3CCCCc4cc(C)ccc43)n2)cc1.[HH]. The first-order valence-corrected chi connectivity index (χ1v) is 13.6. The second-order valence-electron chi connectivity index (χ2n) is 10.1. The second kappa shape index (κ2) is 12.3. The number of ether oxygens (including phenoxy) is 1. The standard InChI is InChI=1S/C27H32N2O2S.C3H8.H2/c1-18-9-14-23-20(15-18)7-5-6-8-24(23)27(2,3)25(30)29-26-28-21(17-32-26)16-19-10-12-22(31-4)13-11-19;1-3-2;/h9-15,17,24H,5-8,16H2,1-4H3,(H,28,29,30);3H2,1-2H3;1H/t24-;;/m0../s1. The van der Waals surface area contributed by atoms with Crippen LogP contribution in [0.5, 0.6) is 5.75 Å². The largest absolute Gasteiger partial charge is 0.497 e. The molecular formula is C30H42N2O2S. The molecule has 0 aliphatic heterocycles. The Labute approximate surface area is 216 Å². The van der Waals surface area contributed by atoms with Crippen molar-refractivity contribution in [3.05, 3.63) is 75.8 Å². The van der Waals surface area contributed by atoms with Crippen LogP contribution in [0.4, 0.5) is 5.13 Å². The van der Waals surface area contributed by atoms with Crippen LogP contribution in [0.1, 0.15) is 88.7 Å². The van der Waals surface area contributed by atoms with Crippen LogP contribution in [-0.4, -0.2) is 18.0 Å². The first-order valence-electron chi connectivity index (χ1n) is 12.8. The van der Waals surface area contributed by atoms with Crippen molar-refractivity contribution in [3.63, 3.8) is 0 Å². The van der Waals surface area contributed by atoms with E-state index in [9.17, 15) is 4.79 Å². The minimum atomic E-state index is -0.518. The maximum absolute atomic E-state index is 13.4. The third-order valence-corrected chi connectivity index (χ3v) is 7.44. The number of benzene rings is 2. The maximum Gasteiger partial charge on any atom is 0.232 e. The molecule has 1 amide bonds. The molecule has 1 aliphatic rings. The average Bonchev–Trinajstić information content (AvgIpc) is 3.15. The van der Waals surface area contributed by atoms with Crippen molar-refractivity contribution >= 4 is 22.4 Å². The number of methoxy groups -OCH3 is 1. The molecule has 0 fully saturated rings. The van der Waals surface area contributed by atoms with Crippen LogP contribution in [0.25, 0.3) is 0 Å². The molecule has 4 rings (SSSR count). The van der Waals surface area contributed by atoms with E-state index in [4.69, 9.17) is 4.74 Å². The van der Waals surface area contributed by atoms with Crippen molar-refractivity contribution in [2.24, 2.45) is 5.41 Å². The first kappa shape index (κ1) is 26.9. The molecule has 0 saturated heterocycles. The van der Waals surface area contributed by atoms with Gasteiger partial charge in [0.25, 0.3) is 0 Å². The Morgan fingerprint density at radius 2 is 1.89 bits per heavy atom. The van der Waals surface area contributed by atoms with Crippen molar-refractivity contribution in [3.8, 4) is 5.75 Å². The molecule has 0 spiro atoms. The van der Waals surface area contributed by atoms with Gasteiger partial charge in [-0.05, 0) is 60.9 Å². The number of hydrogen-bond acceptors (Lipinski definition) is 4. The number of nitrogens with one attached hydrogen (secondary N) is 1. The van der Waals surface area contributed by atoms with Gasteiger partial charge in [0.15, 0.2) is 5.13 Å². The van der Waals surface area contributed by atoms with E-state index in [0.717, 1.165) is 37.1 Å². The zero-order valence-corrected chi connectivity index (χ0v) is 22.9.